The van der Waals surface area contributed by atoms with Crippen LogP contribution in [0.25, 0.3) is 10.1 Å². The van der Waals surface area contributed by atoms with Gasteiger partial charge in [0, 0.05) is 11.1 Å². The zero-order valence-electron chi connectivity index (χ0n) is 9.63. The van der Waals surface area contributed by atoms with Crippen molar-refractivity contribution < 1.29 is 9.18 Å². The van der Waals surface area contributed by atoms with E-state index in [1.807, 2.05) is 6.92 Å². The smallest absolute Gasteiger partial charge is 0.176 e. The second-order valence-corrected chi connectivity index (χ2v) is 5.08. The molecule has 1 aromatic heterocycles. The second kappa shape index (κ2) is 4.80. The normalized spacial score (nSPS) is 10.7. The number of fused-ring (bicyclic) bond motifs is 1. The minimum Gasteiger partial charge on any atom is -0.293 e. The number of thiophene rings is 1. The molecule has 88 valence electrons. The molecule has 0 aliphatic carbocycles. The van der Waals surface area contributed by atoms with E-state index < -0.39 is 0 Å². The van der Waals surface area contributed by atoms with Gasteiger partial charge in [-0.2, -0.15) is 0 Å². The molecule has 0 aliphatic heterocycles. The summed E-state index contributed by atoms with van der Waals surface area (Å²) in [6.45, 7) is 5.81. The van der Waals surface area contributed by atoms with E-state index in [0.717, 1.165) is 22.1 Å². The average molecular weight is 248 g/mol. The highest BCUT2D eigenvalue weighted by atomic mass is 32.1. The maximum Gasteiger partial charge on any atom is 0.176 e. The summed E-state index contributed by atoms with van der Waals surface area (Å²) >= 11 is 1.41. The number of hydrogen-bond acceptors (Lipinski definition) is 2. The Morgan fingerprint density at radius 2 is 2.18 bits per heavy atom. The standard InChI is InChI=1S/C14H13FOS/c1-3-9(2)6-12(16)14-8-10-7-11(15)4-5-13(10)17-14/h4-5,7-8H,2-3,6H2,1H3. The van der Waals surface area contributed by atoms with Crippen molar-refractivity contribution in [3.8, 4) is 0 Å². The van der Waals surface area contributed by atoms with Crippen LogP contribution in [-0.2, 0) is 0 Å². The topological polar surface area (TPSA) is 17.1 Å². The minimum atomic E-state index is -0.271. The molecule has 0 N–H and O–H groups in total. The summed E-state index contributed by atoms with van der Waals surface area (Å²) in [4.78, 5) is 12.6. The van der Waals surface area contributed by atoms with Gasteiger partial charge in [0.15, 0.2) is 5.78 Å². The Kier molecular flexibility index (Phi) is 3.38. The van der Waals surface area contributed by atoms with Crippen molar-refractivity contribution in [2.45, 2.75) is 19.8 Å². The van der Waals surface area contributed by atoms with E-state index in [0.29, 0.717) is 11.3 Å². The lowest BCUT2D eigenvalue weighted by Gasteiger charge is -1.98. The molecule has 0 radical (unpaired) electrons. The molecule has 1 aromatic carbocycles. The Morgan fingerprint density at radius 3 is 2.88 bits per heavy atom. The number of hydrogen-bond donors (Lipinski definition) is 0. The first-order valence-corrected chi connectivity index (χ1v) is 6.30. The molecule has 0 bridgehead atoms. The van der Waals surface area contributed by atoms with Crippen molar-refractivity contribution in [2.75, 3.05) is 0 Å². The lowest BCUT2D eigenvalue weighted by molar-refractivity contribution is 0.0996. The summed E-state index contributed by atoms with van der Waals surface area (Å²) in [6, 6.07) is 6.34. The van der Waals surface area contributed by atoms with Crippen molar-refractivity contribution in [3.05, 3.63) is 47.1 Å². The van der Waals surface area contributed by atoms with Gasteiger partial charge in [0.2, 0.25) is 0 Å². The van der Waals surface area contributed by atoms with Crippen molar-refractivity contribution in [1.29, 1.82) is 0 Å². The van der Waals surface area contributed by atoms with Crippen LogP contribution in [0.15, 0.2) is 36.4 Å². The van der Waals surface area contributed by atoms with Crippen LogP contribution >= 0.6 is 11.3 Å². The zero-order valence-corrected chi connectivity index (χ0v) is 10.4. The molecule has 0 saturated heterocycles. The fraction of sp³-hybridized carbons (Fsp3) is 0.214. The highest BCUT2D eigenvalue weighted by Crippen LogP contribution is 2.27. The van der Waals surface area contributed by atoms with Crippen LogP contribution in [-0.4, -0.2) is 5.78 Å². The Morgan fingerprint density at radius 1 is 1.41 bits per heavy atom. The zero-order chi connectivity index (χ0) is 12.4. The van der Waals surface area contributed by atoms with Crippen LogP contribution in [0.5, 0.6) is 0 Å². The molecule has 3 heteroatoms. The molecule has 17 heavy (non-hydrogen) atoms. The van der Waals surface area contributed by atoms with Gasteiger partial charge in [-0.25, -0.2) is 4.39 Å². The molecule has 2 aromatic rings. The third kappa shape index (κ3) is 2.61. The highest BCUT2D eigenvalue weighted by molar-refractivity contribution is 7.20. The van der Waals surface area contributed by atoms with E-state index in [1.165, 1.54) is 23.5 Å². The average Bonchev–Trinajstić information content (AvgIpc) is 2.71. The first-order valence-electron chi connectivity index (χ1n) is 5.49. The number of ketones is 1. The molecule has 1 nitrogen and oxygen atoms in total. The number of Topliss-reactive ketones (excluding diaryl/α,β-unsaturated/α-hetero) is 1. The molecule has 0 saturated carbocycles. The van der Waals surface area contributed by atoms with Crippen molar-refractivity contribution >= 4 is 27.2 Å². The van der Waals surface area contributed by atoms with Crippen LogP contribution in [0.3, 0.4) is 0 Å². The number of carbonyl (C=O) groups is 1. The third-order valence-electron chi connectivity index (χ3n) is 2.66. The Hall–Kier alpha value is -1.48. The minimum absolute atomic E-state index is 0.0680. The van der Waals surface area contributed by atoms with Gasteiger partial charge < -0.3 is 0 Å². The van der Waals surface area contributed by atoms with Gasteiger partial charge in [0.1, 0.15) is 5.82 Å². The summed E-state index contributed by atoms with van der Waals surface area (Å²) in [5.74, 6) is -0.203. The van der Waals surface area contributed by atoms with E-state index in [4.69, 9.17) is 0 Å². The molecule has 2 rings (SSSR count). The number of halogens is 1. The number of carbonyl (C=O) groups excluding carboxylic acids is 1. The maximum absolute atomic E-state index is 13.0. The Labute approximate surface area is 104 Å². The number of rotatable bonds is 4. The van der Waals surface area contributed by atoms with Crippen molar-refractivity contribution in [2.24, 2.45) is 0 Å². The van der Waals surface area contributed by atoms with E-state index in [-0.39, 0.29) is 11.6 Å². The fourth-order valence-electron chi connectivity index (χ4n) is 1.59. The van der Waals surface area contributed by atoms with Gasteiger partial charge in [-0.1, -0.05) is 19.1 Å². The van der Waals surface area contributed by atoms with Crippen LogP contribution in [0, 0.1) is 5.82 Å². The van der Waals surface area contributed by atoms with Crippen molar-refractivity contribution in [3.63, 3.8) is 0 Å². The Bertz CT molecular complexity index is 583. The second-order valence-electron chi connectivity index (χ2n) is 4.00. The molecule has 0 fully saturated rings. The molecule has 0 atom stereocenters. The van der Waals surface area contributed by atoms with E-state index in [1.54, 1.807) is 12.1 Å². The summed E-state index contributed by atoms with van der Waals surface area (Å²) in [7, 11) is 0. The van der Waals surface area contributed by atoms with Gasteiger partial charge in [0.25, 0.3) is 0 Å². The lowest BCUT2D eigenvalue weighted by Crippen LogP contribution is -1.96. The summed E-state index contributed by atoms with van der Waals surface area (Å²) < 4.78 is 14.0. The summed E-state index contributed by atoms with van der Waals surface area (Å²) in [5, 5.41) is 0.792. The summed E-state index contributed by atoms with van der Waals surface area (Å²) in [5.41, 5.74) is 0.929. The van der Waals surface area contributed by atoms with E-state index in [2.05, 4.69) is 6.58 Å². The predicted molar refractivity (Wildman–Crippen MR) is 70.2 cm³/mol. The fourth-order valence-corrected chi connectivity index (χ4v) is 2.57. The van der Waals surface area contributed by atoms with Crippen LogP contribution in [0.1, 0.15) is 29.4 Å². The molecule has 0 aliphatic rings. The quantitative estimate of drug-likeness (QED) is 0.571. The molecule has 0 unspecified atom stereocenters. The summed E-state index contributed by atoms with van der Waals surface area (Å²) in [6.07, 6.45) is 1.19. The largest absolute Gasteiger partial charge is 0.293 e. The van der Waals surface area contributed by atoms with E-state index in [9.17, 15) is 9.18 Å². The molecule has 0 amide bonds. The number of allylic oxidation sites excluding steroid dienone is 1. The lowest BCUT2D eigenvalue weighted by atomic mass is 10.1. The predicted octanol–water partition coefficient (Wildman–Crippen LogP) is 4.58. The highest BCUT2D eigenvalue weighted by Gasteiger charge is 2.11. The van der Waals surface area contributed by atoms with Gasteiger partial charge >= 0.3 is 0 Å². The monoisotopic (exact) mass is 248 g/mol. The van der Waals surface area contributed by atoms with Gasteiger partial charge in [-0.15, -0.1) is 11.3 Å². The van der Waals surface area contributed by atoms with E-state index >= 15 is 0 Å². The van der Waals surface area contributed by atoms with Crippen molar-refractivity contribution in [1.82, 2.24) is 0 Å². The molecular formula is C14H13FOS. The van der Waals surface area contributed by atoms with Gasteiger partial charge in [0.05, 0.1) is 4.88 Å². The SMILES string of the molecule is C=C(CC)CC(=O)c1cc2cc(F)ccc2s1. The maximum atomic E-state index is 13.0. The molecule has 0 spiro atoms. The van der Waals surface area contributed by atoms with Gasteiger partial charge in [-0.3, -0.25) is 4.79 Å². The molecule has 1 heterocycles. The van der Waals surface area contributed by atoms with Crippen LogP contribution in [0.2, 0.25) is 0 Å². The molecular weight excluding hydrogens is 235 g/mol. The van der Waals surface area contributed by atoms with Gasteiger partial charge in [-0.05, 0) is 36.1 Å². The van der Waals surface area contributed by atoms with Crippen LogP contribution in [0.4, 0.5) is 4.39 Å². The van der Waals surface area contributed by atoms with Crippen LogP contribution < -0.4 is 0 Å². The first kappa shape index (κ1) is 12.0. The Balaban J connectivity index is 2.30. The first-order chi connectivity index (χ1) is 8.10. The number of benzene rings is 1. The third-order valence-corrected chi connectivity index (χ3v) is 3.82.